The third-order valence-corrected chi connectivity index (χ3v) is 6.07. The molecule has 7 heteroatoms. The Balaban J connectivity index is 1.46. The number of methoxy groups -OCH3 is 1. The molecule has 1 aliphatic heterocycles. The summed E-state index contributed by atoms with van der Waals surface area (Å²) in [6.45, 7) is 2.05. The Labute approximate surface area is 171 Å². The van der Waals surface area contributed by atoms with Crippen molar-refractivity contribution in [1.82, 2.24) is 20.4 Å². The third kappa shape index (κ3) is 4.24. The number of nitrogens with one attached hydrogen (secondary N) is 2. The topological polar surface area (TPSA) is 77.4 Å². The van der Waals surface area contributed by atoms with Crippen molar-refractivity contribution >= 4 is 5.91 Å². The molecular formula is C22H30N4O3. The maximum atomic E-state index is 13.2. The van der Waals surface area contributed by atoms with E-state index in [1.807, 2.05) is 35.1 Å². The summed E-state index contributed by atoms with van der Waals surface area (Å²) in [6.07, 6.45) is 9.92. The maximum absolute atomic E-state index is 13.2. The molecule has 0 unspecified atom stereocenters. The molecule has 1 aromatic heterocycles. The van der Waals surface area contributed by atoms with Gasteiger partial charge in [0.25, 0.3) is 0 Å². The van der Waals surface area contributed by atoms with Crippen molar-refractivity contribution in [2.45, 2.75) is 56.7 Å². The van der Waals surface area contributed by atoms with Crippen LogP contribution in [0.25, 0.3) is 0 Å². The summed E-state index contributed by atoms with van der Waals surface area (Å²) in [4.78, 5) is 13.2. The molecule has 0 radical (unpaired) electrons. The molecule has 4 rings (SSSR count). The van der Waals surface area contributed by atoms with E-state index in [-0.39, 0.29) is 12.0 Å². The molecule has 2 N–H and O–H groups in total. The Bertz CT molecular complexity index is 809. The zero-order valence-electron chi connectivity index (χ0n) is 17.0. The van der Waals surface area contributed by atoms with Crippen LogP contribution in [0.3, 0.4) is 0 Å². The molecule has 7 nitrogen and oxygen atoms in total. The van der Waals surface area contributed by atoms with Crippen LogP contribution in [-0.4, -0.2) is 42.0 Å². The van der Waals surface area contributed by atoms with E-state index in [4.69, 9.17) is 9.47 Å². The van der Waals surface area contributed by atoms with Gasteiger partial charge in [-0.3, -0.25) is 9.48 Å². The first-order valence-electron chi connectivity index (χ1n) is 10.5. The fourth-order valence-electron chi connectivity index (χ4n) is 4.38. The van der Waals surface area contributed by atoms with Gasteiger partial charge in [-0.25, -0.2) is 0 Å². The molecule has 0 atom stereocenters. The number of rotatable bonds is 7. The van der Waals surface area contributed by atoms with Crippen molar-refractivity contribution in [2.24, 2.45) is 0 Å². The number of hydrogen-bond donors (Lipinski definition) is 2. The minimum Gasteiger partial charge on any atom is -0.493 e. The summed E-state index contributed by atoms with van der Waals surface area (Å²) in [7, 11) is 1.66. The van der Waals surface area contributed by atoms with Crippen LogP contribution in [0.1, 0.15) is 44.1 Å². The second-order valence-electron chi connectivity index (χ2n) is 7.92. The number of benzene rings is 1. The van der Waals surface area contributed by atoms with Gasteiger partial charge in [-0.1, -0.05) is 6.07 Å². The van der Waals surface area contributed by atoms with Crippen LogP contribution in [0.2, 0.25) is 0 Å². The second-order valence-corrected chi connectivity index (χ2v) is 7.92. The number of hydrogen-bond acceptors (Lipinski definition) is 5. The zero-order valence-corrected chi connectivity index (χ0v) is 17.0. The van der Waals surface area contributed by atoms with Gasteiger partial charge in [0.15, 0.2) is 11.5 Å². The van der Waals surface area contributed by atoms with E-state index < -0.39 is 5.54 Å². The highest BCUT2D eigenvalue weighted by molar-refractivity contribution is 5.84. The second kappa shape index (κ2) is 8.86. The summed E-state index contributed by atoms with van der Waals surface area (Å²) < 4.78 is 13.5. The number of piperidine rings is 1. The van der Waals surface area contributed by atoms with Crippen molar-refractivity contribution in [3.8, 4) is 11.5 Å². The highest BCUT2D eigenvalue weighted by atomic mass is 16.5. The van der Waals surface area contributed by atoms with Gasteiger partial charge in [0.1, 0.15) is 5.54 Å². The van der Waals surface area contributed by atoms with Crippen molar-refractivity contribution in [3.63, 3.8) is 0 Å². The first-order chi connectivity index (χ1) is 14.2. The van der Waals surface area contributed by atoms with E-state index >= 15 is 0 Å². The summed E-state index contributed by atoms with van der Waals surface area (Å²) >= 11 is 0. The predicted octanol–water partition coefficient (Wildman–Crippen LogP) is 2.61. The molecule has 29 heavy (non-hydrogen) atoms. The number of aromatic nitrogens is 2. The van der Waals surface area contributed by atoms with E-state index in [2.05, 4.69) is 15.7 Å². The fraction of sp³-hybridized carbons (Fsp3) is 0.545. The first-order valence-corrected chi connectivity index (χ1v) is 10.5. The van der Waals surface area contributed by atoms with Gasteiger partial charge in [0.05, 0.1) is 13.2 Å². The number of carbonyl (C=O) groups is 1. The Hall–Kier alpha value is -2.54. The lowest BCUT2D eigenvalue weighted by Gasteiger charge is -2.36. The highest BCUT2D eigenvalue weighted by Gasteiger charge is 2.41. The van der Waals surface area contributed by atoms with Gasteiger partial charge in [-0.05, 0) is 75.4 Å². The van der Waals surface area contributed by atoms with Crippen LogP contribution in [0.15, 0.2) is 36.7 Å². The van der Waals surface area contributed by atoms with E-state index in [0.29, 0.717) is 6.54 Å². The molecule has 2 aliphatic rings. The smallest absolute Gasteiger partial charge is 0.248 e. The number of carbonyl (C=O) groups excluding carboxylic acids is 1. The van der Waals surface area contributed by atoms with Crippen LogP contribution in [-0.2, 0) is 16.9 Å². The Morgan fingerprint density at radius 2 is 2.07 bits per heavy atom. The summed E-state index contributed by atoms with van der Waals surface area (Å²) in [5.41, 5.74) is 0.362. The number of amides is 1. The Morgan fingerprint density at radius 3 is 2.76 bits per heavy atom. The average molecular weight is 399 g/mol. The molecule has 1 amide bonds. The van der Waals surface area contributed by atoms with Gasteiger partial charge in [-0.2, -0.15) is 5.10 Å². The summed E-state index contributed by atoms with van der Waals surface area (Å²) in [6, 6.07) is 7.75. The molecule has 2 aromatic rings. The predicted molar refractivity (Wildman–Crippen MR) is 110 cm³/mol. The first kappa shape index (κ1) is 19.8. The van der Waals surface area contributed by atoms with Crippen molar-refractivity contribution in [3.05, 3.63) is 42.2 Å². The number of ether oxygens (including phenoxy) is 2. The fourth-order valence-corrected chi connectivity index (χ4v) is 4.38. The SMILES string of the molecule is COc1ccc(CNC(=O)C2(n3cccn3)CCNCC2)cc1OC1CCCC1. The van der Waals surface area contributed by atoms with Gasteiger partial charge in [-0.15, -0.1) is 0 Å². The number of nitrogens with zero attached hydrogens (tertiary/aromatic N) is 2. The van der Waals surface area contributed by atoms with E-state index in [1.54, 1.807) is 13.3 Å². The van der Waals surface area contributed by atoms with E-state index in [1.165, 1.54) is 12.8 Å². The summed E-state index contributed by atoms with van der Waals surface area (Å²) in [5.74, 6) is 1.50. The quantitative estimate of drug-likeness (QED) is 0.750. The zero-order chi connectivity index (χ0) is 20.1. The molecule has 156 valence electrons. The lowest BCUT2D eigenvalue weighted by molar-refractivity contribution is -0.132. The Kier molecular flexibility index (Phi) is 6.04. The molecule has 1 aromatic carbocycles. The lowest BCUT2D eigenvalue weighted by atomic mass is 9.87. The molecule has 0 spiro atoms. The molecular weight excluding hydrogens is 368 g/mol. The minimum absolute atomic E-state index is 0.0109. The maximum Gasteiger partial charge on any atom is 0.248 e. The van der Waals surface area contributed by atoms with Crippen molar-refractivity contribution < 1.29 is 14.3 Å². The van der Waals surface area contributed by atoms with Gasteiger partial charge in [0.2, 0.25) is 5.91 Å². The van der Waals surface area contributed by atoms with Crippen molar-refractivity contribution in [2.75, 3.05) is 20.2 Å². The monoisotopic (exact) mass is 398 g/mol. The summed E-state index contributed by atoms with van der Waals surface area (Å²) in [5, 5.41) is 10.8. The van der Waals surface area contributed by atoms with E-state index in [0.717, 1.165) is 55.8 Å². The molecule has 1 aliphatic carbocycles. The van der Waals surface area contributed by atoms with E-state index in [9.17, 15) is 4.79 Å². The largest absolute Gasteiger partial charge is 0.493 e. The van der Waals surface area contributed by atoms with Gasteiger partial charge in [0, 0.05) is 18.9 Å². The minimum atomic E-state index is -0.635. The van der Waals surface area contributed by atoms with Crippen LogP contribution >= 0.6 is 0 Å². The normalized spacial score (nSPS) is 19.1. The highest BCUT2D eigenvalue weighted by Crippen LogP contribution is 2.33. The molecule has 2 heterocycles. The van der Waals surface area contributed by atoms with Gasteiger partial charge < -0.3 is 20.1 Å². The van der Waals surface area contributed by atoms with Crippen LogP contribution < -0.4 is 20.1 Å². The lowest BCUT2D eigenvalue weighted by Crippen LogP contribution is -2.54. The Morgan fingerprint density at radius 1 is 1.28 bits per heavy atom. The molecule has 0 bridgehead atoms. The molecule has 1 saturated carbocycles. The molecule has 1 saturated heterocycles. The standard InChI is InChI=1S/C22H30N4O3/c1-28-19-8-7-17(15-20(19)29-18-5-2-3-6-18)16-24-21(27)22(9-12-23-13-10-22)26-14-4-11-25-26/h4,7-8,11,14-15,18,23H,2-3,5-6,9-10,12-13,16H2,1H3,(H,24,27). The average Bonchev–Trinajstić information content (AvgIpc) is 3.47. The van der Waals surface area contributed by atoms with Crippen LogP contribution in [0.4, 0.5) is 0 Å². The third-order valence-electron chi connectivity index (χ3n) is 6.07. The molecule has 2 fully saturated rings. The van der Waals surface area contributed by atoms with Crippen molar-refractivity contribution in [1.29, 1.82) is 0 Å². The van der Waals surface area contributed by atoms with Crippen LogP contribution in [0, 0.1) is 0 Å². The van der Waals surface area contributed by atoms with Crippen LogP contribution in [0.5, 0.6) is 11.5 Å². The van der Waals surface area contributed by atoms with Gasteiger partial charge >= 0.3 is 0 Å².